The highest BCUT2D eigenvalue weighted by atomic mass is 16.2. The smallest absolute Gasteiger partial charge is 0.226 e. The van der Waals surface area contributed by atoms with E-state index in [1.807, 2.05) is 0 Å². The van der Waals surface area contributed by atoms with Gasteiger partial charge in [-0.2, -0.15) is 0 Å². The zero-order valence-electron chi connectivity index (χ0n) is 14.6. The molecule has 4 rings (SSSR count). The molecule has 2 heterocycles. The fourth-order valence-corrected chi connectivity index (χ4v) is 5.93. The monoisotopic (exact) mass is 319 g/mol. The molecular formula is C19H33N3O. The van der Waals surface area contributed by atoms with Crippen LogP contribution >= 0.6 is 0 Å². The minimum atomic E-state index is 0.257. The Morgan fingerprint density at radius 1 is 1.09 bits per heavy atom. The molecule has 2 aliphatic carbocycles. The van der Waals surface area contributed by atoms with Crippen LogP contribution in [0, 0.1) is 17.8 Å². The molecule has 2 saturated carbocycles. The molecule has 4 fully saturated rings. The lowest BCUT2D eigenvalue weighted by molar-refractivity contribution is -0.145. The third-order valence-electron chi connectivity index (χ3n) is 7.31. The lowest BCUT2D eigenvalue weighted by Crippen LogP contribution is -2.59. The Labute approximate surface area is 140 Å². The van der Waals surface area contributed by atoms with Gasteiger partial charge in [-0.05, 0) is 63.3 Å². The van der Waals surface area contributed by atoms with Crippen LogP contribution < -0.4 is 5.73 Å². The Morgan fingerprint density at radius 3 is 2.52 bits per heavy atom. The Bertz CT molecular complexity index is 440. The van der Waals surface area contributed by atoms with Crippen LogP contribution in [0.15, 0.2) is 0 Å². The van der Waals surface area contributed by atoms with E-state index < -0.39 is 0 Å². The molecule has 4 atom stereocenters. The van der Waals surface area contributed by atoms with Crippen LogP contribution in [0.5, 0.6) is 0 Å². The number of nitrogens with two attached hydrogens (primary N) is 1. The standard InChI is InChI=1S/C19H33N3O/c1-2-16-11-21-8-4-7-17(21)12-22(16)19(23)15-9-13-5-3-6-14(10-15)18(13)20/h13-18H,2-12,20H2,1H3. The quantitative estimate of drug-likeness (QED) is 0.849. The molecule has 0 radical (unpaired) electrons. The van der Waals surface area contributed by atoms with Gasteiger partial charge in [0.2, 0.25) is 5.91 Å². The molecule has 4 nitrogen and oxygen atoms in total. The summed E-state index contributed by atoms with van der Waals surface area (Å²) in [5.74, 6) is 1.92. The predicted octanol–water partition coefficient (Wildman–Crippen LogP) is 2.23. The van der Waals surface area contributed by atoms with Crippen molar-refractivity contribution in [2.45, 2.75) is 76.4 Å². The van der Waals surface area contributed by atoms with Gasteiger partial charge in [-0.15, -0.1) is 0 Å². The van der Waals surface area contributed by atoms with Crippen LogP contribution in [0.4, 0.5) is 0 Å². The summed E-state index contributed by atoms with van der Waals surface area (Å²) in [7, 11) is 0. The van der Waals surface area contributed by atoms with Gasteiger partial charge < -0.3 is 10.6 Å². The Kier molecular flexibility index (Phi) is 4.39. The number of fused-ring (bicyclic) bond motifs is 3. The van der Waals surface area contributed by atoms with Crippen molar-refractivity contribution in [1.29, 1.82) is 0 Å². The highest BCUT2D eigenvalue weighted by Crippen LogP contribution is 2.43. The first kappa shape index (κ1) is 15.9. The van der Waals surface area contributed by atoms with Gasteiger partial charge in [0, 0.05) is 37.1 Å². The fraction of sp³-hybridized carbons (Fsp3) is 0.947. The number of carbonyl (C=O) groups excluding carboxylic acids is 1. The average molecular weight is 319 g/mol. The van der Waals surface area contributed by atoms with Gasteiger partial charge in [-0.3, -0.25) is 9.69 Å². The lowest BCUT2D eigenvalue weighted by atomic mass is 9.65. The third kappa shape index (κ3) is 2.82. The average Bonchev–Trinajstić information content (AvgIpc) is 3.00. The van der Waals surface area contributed by atoms with Gasteiger partial charge in [0.05, 0.1) is 0 Å². The minimum absolute atomic E-state index is 0.257. The molecule has 1 amide bonds. The van der Waals surface area contributed by atoms with Crippen molar-refractivity contribution < 1.29 is 4.79 Å². The number of hydrogen-bond acceptors (Lipinski definition) is 3. The van der Waals surface area contributed by atoms with E-state index in [2.05, 4.69) is 16.7 Å². The summed E-state index contributed by atoms with van der Waals surface area (Å²) in [5.41, 5.74) is 6.42. The second-order valence-corrected chi connectivity index (χ2v) is 8.54. The topological polar surface area (TPSA) is 49.6 Å². The van der Waals surface area contributed by atoms with E-state index in [-0.39, 0.29) is 5.92 Å². The summed E-state index contributed by atoms with van der Waals surface area (Å²) in [5, 5.41) is 0. The van der Waals surface area contributed by atoms with Crippen LogP contribution in [-0.2, 0) is 4.79 Å². The van der Waals surface area contributed by atoms with Gasteiger partial charge in [-0.1, -0.05) is 13.3 Å². The molecule has 23 heavy (non-hydrogen) atoms. The van der Waals surface area contributed by atoms with Crippen molar-refractivity contribution in [3.8, 4) is 0 Å². The van der Waals surface area contributed by atoms with Gasteiger partial charge in [0.1, 0.15) is 0 Å². The van der Waals surface area contributed by atoms with Crippen molar-refractivity contribution in [3.05, 3.63) is 0 Å². The Hall–Kier alpha value is -0.610. The van der Waals surface area contributed by atoms with Crippen LogP contribution in [0.25, 0.3) is 0 Å². The molecule has 2 N–H and O–H groups in total. The second kappa shape index (κ2) is 6.36. The van der Waals surface area contributed by atoms with Gasteiger partial charge in [0.25, 0.3) is 0 Å². The maximum atomic E-state index is 13.3. The molecule has 4 unspecified atom stereocenters. The van der Waals surface area contributed by atoms with Crippen molar-refractivity contribution in [1.82, 2.24) is 9.80 Å². The van der Waals surface area contributed by atoms with Crippen molar-refractivity contribution >= 4 is 5.91 Å². The second-order valence-electron chi connectivity index (χ2n) is 8.54. The highest BCUT2D eigenvalue weighted by Gasteiger charge is 2.44. The van der Waals surface area contributed by atoms with Crippen LogP contribution in [-0.4, -0.2) is 53.5 Å². The lowest BCUT2D eigenvalue weighted by Gasteiger charge is -2.48. The maximum Gasteiger partial charge on any atom is 0.226 e. The fourth-order valence-electron chi connectivity index (χ4n) is 5.93. The zero-order valence-corrected chi connectivity index (χ0v) is 14.6. The number of nitrogens with zero attached hydrogens (tertiary/aromatic N) is 2. The molecule has 0 aromatic heterocycles. The summed E-state index contributed by atoms with van der Waals surface area (Å²) >= 11 is 0. The van der Waals surface area contributed by atoms with Crippen LogP contribution in [0.1, 0.15) is 58.3 Å². The molecule has 2 aliphatic heterocycles. The SMILES string of the molecule is CCC1CN2CCCC2CN1C(=O)C1CC2CCCC(C1)C2N. The van der Waals surface area contributed by atoms with Gasteiger partial charge >= 0.3 is 0 Å². The first-order valence-corrected chi connectivity index (χ1v) is 9.97. The summed E-state index contributed by atoms with van der Waals surface area (Å²) in [6.45, 7) is 5.57. The highest BCUT2D eigenvalue weighted by molar-refractivity contribution is 5.79. The summed E-state index contributed by atoms with van der Waals surface area (Å²) in [6, 6.07) is 1.43. The molecule has 2 saturated heterocycles. The first-order valence-electron chi connectivity index (χ1n) is 9.97. The van der Waals surface area contributed by atoms with Gasteiger partial charge in [0.15, 0.2) is 0 Å². The van der Waals surface area contributed by atoms with E-state index >= 15 is 0 Å². The van der Waals surface area contributed by atoms with Crippen LogP contribution in [0.3, 0.4) is 0 Å². The van der Waals surface area contributed by atoms with Gasteiger partial charge in [-0.25, -0.2) is 0 Å². The molecule has 130 valence electrons. The van der Waals surface area contributed by atoms with E-state index in [1.165, 1.54) is 38.6 Å². The van der Waals surface area contributed by atoms with E-state index in [0.29, 0.717) is 35.9 Å². The molecule has 0 aromatic rings. The Balaban J connectivity index is 1.47. The number of carbonyl (C=O) groups is 1. The van der Waals surface area contributed by atoms with E-state index in [4.69, 9.17) is 5.73 Å². The molecule has 2 bridgehead atoms. The number of amides is 1. The van der Waals surface area contributed by atoms with Crippen molar-refractivity contribution in [2.24, 2.45) is 23.5 Å². The maximum absolute atomic E-state index is 13.3. The minimum Gasteiger partial charge on any atom is -0.337 e. The molecular weight excluding hydrogens is 286 g/mol. The summed E-state index contributed by atoms with van der Waals surface area (Å²) in [6.07, 6.45) is 9.60. The van der Waals surface area contributed by atoms with E-state index in [9.17, 15) is 4.79 Å². The largest absolute Gasteiger partial charge is 0.337 e. The van der Waals surface area contributed by atoms with E-state index in [0.717, 1.165) is 32.4 Å². The Morgan fingerprint density at radius 2 is 1.83 bits per heavy atom. The van der Waals surface area contributed by atoms with Crippen LogP contribution in [0.2, 0.25) is 0 Å². The van der Waals surface area contributed by atoms with Crippen molar-refractivity contribution in [3.63, 3.8) is 0 Å². The third-order valence-corrected chi connectivity index (χ3v) is 7.31. The normalized spacial score (nSPS) is 44.2. The predicted molar refractivity (Wildman–Crippen MR) is 91.9 cm³/mol. The van der Waals surface area contributed by atoms with E-state index in [1.54, 1.807) is 0 Å². The first-order chi connectivity index (χ1) is 11.2. The number of piperazine rings is 1. The zero-order chi connectivity index (χ0) is 16.0. The number of hydrogen-bond donors (Lipinski definition) is 1. The van der Waals surface area contributed by atoms with Crippen molar-refractivity contribution in [2.75, 3.05) is 19.6 Å². The molecule has 4 heteroatoms. The summed E-state index contributed by atoms with van der Waals surface area (Å²) in [4.78, 5) is 18.2. The molecule has 0 spiro atoms. The molecule has 0 aromatic carbocycles. The number of rotatable bonds is 2. The summed E-state index contributed by atoms with van der Waals surface area (Å²) < 4.78 is 0. The molecule has 4 aliphatic rings.